The van der Waals surface area contributed by atoms with Gasteiger partial charge >= 0.3 is 0 Å². The Labute approximate surface area is 114 Å². The first-order chi connectivity index (χ1) is 9.02. The van der Waals surface area contributed by atoms with Gasteiger partial charge in [-0.3, -0.25) is 0 Å². The Balaban J connectivity index is 2.44. The van der Waals surface area contributed by atoms with Crippen LogP contribution in [0.15, 0.2) is 23.4 Å². The van der Waals surface area contributed by atoms with E-state index in [-0.39, 0.29) is 5.84 Å². The van der Waals surface area contributed by atoms with Crippen LogP contribution in [0.2, 0.25) is 0 Å². The highest BCUT2D eigenvalue weighted by Gasteiger charge is 2.25. The van der Waals surface area contributed by atoms with Crippen molar-refractivity contribution in [3.8, 4) is 0 Å². The topological polar surface area (TPSA) is 61.9 Å². The molecule has 0 aromatic heterocycles. The minimum Gasteiger partial charge on any atom is -0.409 e. The summed E-state index contributed by atoms with van der Waals surface area (Å²) in [5.74, 6) is 0.859. The normalized spacial score (nSPS) is 24.6. The molecule has 19 heavy (non-hydrogen) atoms. The minimum absolute atomic E-state index is 0.181. The molecule has 4 heteroatoms. The van der Waals surface area contributed by atoms with Crippen LogP contribution in [-0.2, 0) is 0 Å². The molecule has 0 amide bonds. The molecule has 0 spiro atoms. The molecule has 2 unspecified atom stereocenters. The van der Waals surface area contributed by atoms with Crippen molar-refractivity contribution in [2.45, 2.75) is 39.7 Å². The largest absolute Gasteiger partial charge is 0.409 e. The lowest BCUT2D eigenvalue weighted by atomic mass is 9.93. The molecule has 0 aliphatic carbocycles. The molecule has 1 aliphatic heterocycles. The van der Waals surface area contributed by atoms with E-state index in [1.54, 1.807) is 0 Å². The van der Waals surface area contributed by atoms with Gasteiger partial charge in [-0.15, -0.1) is 0 Å². The van der Waals surface area contributed by atoms with E-state index in [9.17, 15) is 0 Å². The molecular formula is C15H23N3O. The molecule has 1 aromatic carbocycles. The fourth-order valence-corrected chi connectivity index (χ4v) is 2.77. The van der Waals surface area contributed by atoms with Crippen molar-refractivity contribution in [3.63, 3.8) is 0 Å². The molecule has 1 fully saturated rings. The summed E-state index contributed by atoms with van der Waals surface area (Å²) in [6.45, 7) is 7.61. The summed E-state index contributed by atoms with van der Waals surface area (Å²) >= 11 is 0. The highest BCUT2D eigenvalue weighted by atomic mass is 16.4. The average molecular weight is 261 g/mol. The monoisotopic (exact) mass is 261 g/mol. The SMILES string of the molecule is Cc1ccc(C(N)=NO)c(N2CC(C)CCC2C)c1. The van der Waals surface area contributed by atoms with Gasteiger partial charge in [0, 0.05) is 23.8 Å². The lowest BCUT2D eigenvalue weighted by Gasteiger charge is -2.39. The molecule has 0 radical (unpaired) electrons. The number of oxime groups is 1. The highest BCUT2D eigenvalue weighted by molar-refractivity contribution is 6.02. The molecule has 1 aliphatic rings. The van der Waals surface area contributed by atoms with Crippen LogP contribution in [0.4, 0.5) is 5.69 Å². The Bertz CT molecular complexity index is 484. The number of nitrogens with zero attached hydrogens (tertiary/aromatic N) is 2. The third kappa shape index (κ3) is 2.83. The highest BCUT2D eigenvalue weighted by Crippen LogP contribution is 2.30. The van der Waals surface area contributed by atoms with Gasteiger partial charge in [-0.25, -0.2) is 0 Å². The number of anilines is 1. The lowest BCUT2D eigenvalue weighted by Crippen LogP contribution is -2.42. The van der Waals surface area contributed by atoms with Gasteiger partial charge in [0.1, 0.15) is 0 Å². The van der Waals surface area contributed by atoms with Crippen molar-refractivity contribution in [3.05, 3.63) is 29.3 Å². The molecule has 1 saturated heterocycles. The Morgan fingerprint density at radius 3 is 2.79 bits per heavy atom. The van der Waals surface area contributed by atoms with Gasteiger partial charge in [-0.2, -0.15) is 0 Å². The zero-order chi connectivity index (χ0) is 14.0. The summed E-state index contributed by atoms with van der Waals surface area (Å²) in [4.78, 5) is 2.38. The smallest absolute Gasteiger partial charge is 0.172 e. The second-order valence-corrected chi connectivity index (χ2v) is 5.69. The number of hydrogen-bond acceptors (Lipinski definition) is 3. The van der Waals surface area contributed by atoms with Gasteiger partial charge in [0.25, 0.3) is 0 Å². The molecular weight excluding hydrogens is 238 g/mol. The van der Waals surface area contributed by atoms with E-state index < -0.39 is 0 Å². The summed E-state index contributed by atoms with van der Waals surface area (Å²) in [7, 11) is 0. The minimum atomic E-state index is 0.181. The summed E-state index contributed by atoms with van der Waals surface area (Å²) in [6.07, 6.45) is 2.45. The summed E-state index contributed by atoms with van der Waals surface area (Å²) in [5, 5.41) is 12.1. The van der Waals surface area contributed by atoms with Gasteiger partial charge in [0.05, 0.1) is 0 Å². The van der Waals surface area contributed by atoms with Crippen LogP contribution in [0.3, 0.4) is 0 Å². The van der Waals surface area contributed by atoms with Crippen LogP contribution in [0.25, 0.3) is 0 Å². The quantitative estimate of drug-likeness (QED) is 0.372. The van der Waals surface area contributed by atoms with Gasteiger partial charge in [-0.05, 0) is 50.3 Å². The maximum absolute atomic E-state index is 8.94. The average Bonchev–Trinajstić information content (AvgIpc) is 2.40. The van der Waals surface area contributed by atoms with Gasteiger partial charge in [-0.1, -0.05) is 18.1 Å². The van der Waals surface area contributed by atoms with E-state index in [1.807, 2.05) is 12.1 Å². The summed E-state index contributed by atoms with van der Waals surface area (Å²) < 4.78 is 0. The van der Waals surface area contributed by atoms with Crippen molar-refractivity contribution in [2.24, 2.45) is 16.8 Å². The third-order valence-corrected chi connectivity index (χ3v) is 3.96. The summed E-state index contributed by atoms with van der Waals surface area (Å²) in [6, 6.07) is 6.55. The van der Waals surface area contributed by atoms with Gasteiger partial charge in [0.15, 0.2) is 5.84 Å². The van der Waals surface area contributed by atoms with E-state index in [0.717, 1.165) is 17.8 Å². The number of nitrogens with two attached hydrogens (primary N) is 1. The fourth-order valence-electron chi connectivity index (χ4n) is 2.77. The van der Waals surface area contributed by atoms with Crippen LogP contribution in [0.5, 0.6) is 0 Å². The Hall–Kier alpha value is -1.71. The van der Waals surface area contributed by atoms with Crippen molar-refractivity contribution in [2.75, 3.05) is 11.4 Å². The fraction of sp³-hybridized carbons (Fsp3) is 0.533. The standard InChI is InChI=1S/C15H23N3O/c1-10-5-7-13(15(16)17-19)14(8-10)18-9-11(2)4-6-12(18)3/h5,7-8,11-12,19H,4,6,9H2,1-3H3,(H2,16,17). The van der Waals surface area contributed by atoms with E-state index in [2.05, 4.69) is 36.9 Å². The number of hydrogen-bond donors (Lipinski definition) is 2. The Morgan fingerprint density at radius 1 is 1.37 bits per heavy atom. The number of amidine groups is 1. The first-order valence-corrected chi connectivity index (χ1v) is 6.88. The van der Waals surface area contributed by atoms with Crippen molar-refractivity contribution in [1.29, 1.82) is 0 Å². The van der Waals surface area contributed by atoms with Crippen molar-refractivity contribution >= 4 is 11.5 Å². The molecule has 0 bridgehead atoms. The number of aryl methyl sites for hydroxylation is 1. The van der Waals surface area contributed by atoms with Crippen molar-refractivity contribution in [1.82, 2.24) is 0 Å². The van der Waals surface area contributed by atoms with E-state index in [0.29, 0.717) is 12.0 Å². The Kier molecular flexibility index (Phi) is 3.98. The molecule has 1 aromatic rings. The van der Waals surface area contributed by atoms with E-state index in [4.69, 9.17) is 10.9 Å². The van der Waals surface area contributed by atoms with Crippen LogP contribution in [0, 0.1) is 12.8 Å². The van der Waals surface area contributed by atoms with Gasteiger partial charge < -0.3 is 15.8 Å². The molecule has 0 saturated carbocycles. The van der Waals surface area contributed by atoms with Crippen LogP contribution in [0.1, 0.15) is 37.8 Å². The zero-order valence-electron chi connectivity index (χ0n) is 11.9. The maximum Gasteiger partial charge on any atom is 0.172 e. The molecule has 4 nitrogen and oxygen atoms in total. The molecule has 2 atom stereocenters. The molecule has 3 N–H and O–H groups in total. The second kappa shape index (κ2) is 5.51. The summed E-state index contributed by atoms with van der Waals surface area (Å²) in [5.41, 5.74) is 8.89. The lowest BCUT2D eigenvalue weighted by molar-refractivity contribution is 0.318. The number of benzene rings is 1. The predicted octanol–water partition coefficient (Wildman–Crippen LogP) is 2.71. The number of piperidine rings is 1. The van der Waals surface area contributed by atoms with Gasteiger partial charge in [0.2, 0.25) is 0 Å². The van der Waals surface area contributed by atoms with E-state index >= 15 is 0 Å². The second-order valence-electron chi connectivity index (χ2n) is 5.69. The van der Waals surface area contributed by atoms with Crippen LogP contribution in [-0.4, -0.2) is 23.6 Å². The van der Waals surface area contributed by atoms with E-state index in [1.165, 1.54) is 18.4 Å². The zero-order valence-corrected chi connectivity index (χ0v) is 11.9. The van der Waals surface area contributed by atoms with Crippen molar-refractivity contribution < 1.29 is 5.21 Å². The Morgan fingerprint density at radius 2 is 2.11 bits per heavy atom. The molecule has 2 rings (SSSR count). The van der Waals surface area contributed by atoms with Crippen LogP contribution >= 0.6 is 0 Å². The number of rotatable bonds is 2. The molecule has 104 valence electrons. The first kappa shape index (κ1) is 13.7. The third-order valence-electron chi connectivity index (χ3n) is 3.96. The first-order valence-electron chi connectivity index (χ1n) is 6.88. The molecule has 1 heterocycles. The maximum atomic E-state index is 8.94. The predicted molar refractivity (Wildman–Crippen MR) is 78.9 cm³/mol. The van der Waals surface area contributed by atoms with Crippen LogP contribution < -0.4 is 10.6 Å².